The smallest absolute Gasteiger partial charge is 0.249 e. The monoisotopic (exact) mass is 417 g/mol. The van der Waals surface area contributed by atoms with Crippen LogP contribution in [-0.4, -0.2) is 36.2 Å². The Bertz CT molecular complexity index is 694. The molecule has 2 atom stereocenters. The number of hydrogen-bond donors (Lipinski definition) is 2. The van der Waals surface area contributed by atoms with E-state index in [-0.39, 0.29) is 42.9 Å². The number of aryl methyl sites for hydroxylation is 1. The summed E-state index contributed by atoms with van der Waals surface area (Å²) in [6.45, 7) is 3.10. The summed E-state index contributed by atoms with van der Waals surface area (Å²) in [6, 6.07) is 8.34. The first kappa shape index (κ1) is 22.9. The van der Waals surface area contributed by atoms with Gasteiger partial charge in [-0.05, 0) is 31.7 Å². The first-order valence-corrected chi connectivity index (χ1v) is 9.18. The number of nitrogens with zero attached hydrogens (tertiary/aromatic N) is 1. The lowest BCUT2D eigenvalue weighted by Crippen LogP contribution is -2.36. The number of carbonyl (C=O) groups excluding carboxylic acids is 1. The minimum Gasteiger partial charge on any atom is -0.364 e. The minimum atomic E-state index is -0.339. The lowest BCUT2D eigenvalue weighted by atomic mass is 10.1. The van der Waals surface area contributed by atoms with E-state index in [9.17, 15) is 4.79 Å². The Hall–Kier alpha value is -1.18. The van der Waals surface area contributed by atoms with E-state index < -0.39 is 0 Å². The van der Waals surface area contributed by atoms with E-state index in [4.69, 9.17) is 10.5 Å². The molecule has 1 fully saturated rings. The Morgan fingerprint density at radius 3 is 2.62 bits per heavy atom. The van der Waals surface area contributed by atoms with Gasteiger partial charge in [0, 0.05) is 24.0 Å². The molecule has 3 N–H and O–H groups in total. The second-order valence-electron chi connectivity index (χ2n) is 6.05. The van der Waals surface area contributed by atoms with Gasteiger partial charge in [0.1, 0.15) is 6.10 Å². The molecule has 0 saturated carbocycles. The van der Waals surface area contributed by atoms with Gasteiger partial charge in [0.15, 0.2) is 0 Å². The van der Waals surface area contributed by atoms with Crippen LogP contribution < -0.4 is 11.1 Å². The molecule has 26 heavy (non-hydrogen) atoms. The normalized spacial score (nSPS) is 18.7. The number of carbonyl (C=O) groups is 1. The number of nitrogens with two attached hydrogens (primary N) is 1. The summed E-state index contributed by atoms with van der Waals surface area (Å²) in [5.74, 6) is -0.0273. The fraction of sp³-hybridized carbons (Fsp3) is 0.444. The molecule has 5 nitrogen and oxygen atoms in total. The highest BCUT2D eigenvalue weighted by atomic mass is 35.5. The lowest BCUT2D eigenvalue weighted by Gasteiger charge is -2.12. The summed E-state index contributed by atoms with van der Waals surface area (Å²) in [5, 5.41) is 6.09. The Labute approximate surface area is 170 Å². The second-order valence-corrected chi connectivity index (χ2v) is 7.11. The maximum Gasteiger partial charge on any atom is 0.249 e. The zero-order valence-corrected chi connectivity index (χ0v) is 17.1. The topological polar surface area (TPSA) is 77.2 Å². The molecule has 3 rings (SSSR count). The van der Waals surface area contributed by atoms with E-state index in [1.807, 2.05) is 6.92 Å². The van der Waals surface area contributed by atoms with E-state index in [1.54, 1.807) is 11.3 Å². The van der Waals surface area contributed by atoms with Crippen LogP contribution in [0.3, 0.4) is 0 Å². The highest BCUT2D eigenvalue weighted by molar-refractivity contribution is 7.09. The van der Waals surface area contributed by atoms with E-state index >= 15 is 0 Å². The number of benzene rings is 1. The molecule has 1 amide bonds. The SMILES string of the molecule is Cc1nc(-c2ccc(CCNC(=O)[C@@H]3CC[C@H](CN)O3)cc2)cs1.Cl.Cl. The van der Waals surface area contributed by atoms with Crippen molar-refractivity contribution >= 4 is 42.1 Å². The second kappa shape index (κ2) is 10.8. The van der Waals surface area contributed by atoms with Crippen molar-refractivity contribution in [2.45, 2.75) is 38.4 Å². The van der Waals surface area contributed by atoms with Crippen molar-refractivity contribution in [2.24, 2.45) is 5.73 Å². The molecular weight excluding hydrogens is 393 g/mol. The first-order chi connectivity index (χ1) is 11.7. The molecule has 0 bridgehead atoms. The number of nitrogens with one attached hydrogen (secondary N) is 1. The molecule has 0 spiro atoms. The number of ether oxygens (including phenoxy) is 1. The van der Waals surface area contributed by atoms with Crippen molar-refractivity contribution in [3.63, 3.8) is 0 Å². The third-order valence-electron chi connectivity index (χ3n) is 4.24. The Morgan fingerprint density at radius 1 is 1.31 bits per heavy atom. The van der Waals surface area contributed by atoms with Crippen LogP contribution in [0.5, 0.6) is 0 Å². The standard InChI is InChI=1S/C18H23N3O2S.2ClH/c1-12-21-16(11-24-12)14-4-2-13(3-5-14)8-9-20-18(22)17-7-6-15(10-19)23-17;;/h2-5,11,15,17H,6-10,19H2,1H3,(H,20,22);2*1H/t15-,17+;;/m1../s1. The molecule has 0 unspecified atom stereocenters. The molecular formula is C18H25Cl2N3O2S. The fourth-order valence-electron chi connectivity index (χ4n) is 2.85. The molecule has 8 heteroatoms. The molecule has 0 radical (unpaired) electrons. The highest BCUT2D eigenvalue weighted by Crippen LogP contribution is 2.22. The van der Waals surface area contributed by atoms with Gasteiger partial charge >= 0.3 is 0 Å². The largest absolute Gasteiger partial charge is 0.364 e. The molecule has 1 aliphatic heterocycles. The molecule has 1 aromatic heterocycles. The van der Waals surface area contributed by atoms with Gasteiger partial charge in [-0.1, -0.05) is 24.3 Å². The molecule has 1 saturated heterocycles. The number of halogens is 2. The van der Waals surface area contributed by atoms with Gasteiger partial charge in [-0.15, -0.1) is 36.2 Å². The Kier molecular flexibility index (Phi) is 9.54. The predicted octanol–water partition coefficient (Wildman–Crippen LogP) is 3.13. The molecule has 2 aromatic rings. The minimum absolute atomic E-state index is 0. The number of thiazole rings is 1. The van der Waals surface area contributed by atoms with Crippen LogP contribution in [0.1, 0.15) is 23.4 Å². The van der Waals surface area contributed by atoms with Gasteiger partial charge in [0.2, 0.25) is 5.91 Å². The molecule has 1 aliphatic rings. The predicted molar refractivity (Wildman–Crippen MR) is 110 cm³/mol. The van der Waals surface area contributed by atoms with E-state index in [1.165, 1.54) is 5.56 Å². The van der Waals surface area contributed by atoms with Crippen molar-refractivity contribution in [1.82, 2.24) is 10.3 Å². The fourth-order valence-corrected chi connectivity index (χ4v) is 3.48. The summed E-state index contributed by atoms with van der Waals surface area (Å²) < 4.78 is 5.60. The van der Waals surface area contributed by atoms with E-state index in [0.717, 1.165) is 35.5 Å². The van der Waals surface area contributed by atoms with Gasteiger partial charge in [-0.2, -0.15) is 0 Å². The van der Waals surface area contributed by atoms with Crippen molar-refractivity contribution in [3.8, 4) is 11.3 Å². The van der Waals surface area contributed by atoms with Gasteiger partial charge in [-0.3, -0.25) is 4.79 Å². The first-order valence-electron chi connectivity index (χ1n) is 8.30. The van der Waals surface area contributed by atoms with Gasteiger partial charge in [0.25, 0.3) is 0 Å². The molecule has 144 valence electrons. The van der Waals surface area contributed by atoms with Gasteiger partial charge in [-0.25, -0.2) is 4.98 Å². The van der Waals surface area contributed by atoms with Crippen LogP contribution in [0.2, 0.25) is 0 Å². The average molecular weight is 418 g/mol. The van der Waals surface area contributed by atoms with Crippen molar-refractivity contribution in [3.05, 3.63) is 40.2 Å². The van der Waals surface area contributed by atoms with Crippen LogP contribution in [-0.2, 0) is 16.0 Å². The van der Waals surface area contributed by atoms with Crippen LogP contribution in [0, 0.1) is 6.92 Å². The molecule has 2 heterocycles. The van der Waals surface area contributed by atoms with Crippen molar-refractivity contribution in [1.29, 1.82) is 0 Å². The average Bonchev–Trinajstić information content (AvgIpc) is 3.24. The maximum atomic E-state index is 12.1. The van der Waals surface area contributed by atoms with Gasteiger partial charge in [0.05, 0.1) is 16.8 Å². The Balaban J connectivity index is 0.00000169. The van der Waals surface area contributed by atoms with Crippen LogP contribution in [0.25, 0.3) is 11.3 Å². The van der Waals surface area contributed by atoms with Crippen LogP contribution in [0.4, 0.5) is 0 Å². The number of rotatable bonds is 6. The lowest BCUT2D eigenvalue weighted by molar-refractivity contribution is -0.131. The molecule has 1 aromatic carbocycles. The van der Waals surface area contributed by atoms with Crippen LogP contribution >= 0.6 is 36.2 Å². The van der Waals surface area contributed by atoms with E-state index in [2.05, 4.69) is 39.9 Å². The summed E-state index contributed by atoms with van der Waals surface area (Å²) >= 11 is 1.66. The third kappa shape index (κ3) is 5.93. The summed E-state index contributed by atoms with van der Waals surface area (Å²) in [7, 11) is 0. The zero-order valence-electron chi connectivity index (χ0n) is 14.6. The zero-order chi connectivity index (χ0) is 16.9. The van der Waals surface area contributed by atoms with E-state index in [0.29, 0.717) is 13.1 Å². The maximum absolute atomic E-state index is 12.1. The number of hydrogen-bond acceptors (Lipinski definition) is 5. The summed E-state index contributed by atoms with van der Waals surface area (Å²) in [6.07, 6.45) is 2.12. The third-order valence-corrected chi connectivity index (χ3v) is 5.02. The summed E-state index contributed by atoms with van der Waals surface area (Å²) in [4.78, 5) is 16.5. The number of aromatic nitrogens is 1. The Morgan fingerprint density at radius 2 is 2.04 bits per heavy atom. The molecule has 0 aliphatic carbocycles. The summed E-state index contributed by atoms with van der Waals surface area (Å²) in [5.41, 5.74) is 8.90. The highest BCUT2D eigenvalue weighted by Gasteiger charge is 2.29. The van der Waals surface area contributed by atoms with Crippen LogP contribution in [0.15, 0.2) is 29.6 Å². The van der Waals surface area contributed by atoms with Crippen molar-refractivity contribution < 1.29 is 9.53 Å². The van der Waals surface area contributed by atoms with Gasteiger partial charge < -0.3 is 15.8 Å². The number of amides is 1. The quantitative estimate of drug-likeness (QED) is 0.756. The van der Waals surface area contributed by atoms with Crippen molar-refractivity contribution in [2.75, 3.05) is 13.1 Å².